The number of carbonyl (C=O) groups is 1. The minimum Gasteiger partial charge on any atom is -0.462 e. The van der Waals surface area contributed by atoms with Crippen molar-refractivity contribution >= 4 is 33.0 Å². The first-order chi connectivity index (χ1) is 8.10. The zero-order valence-electron chi connectivity index (χ0n) is 9.66. The molecule has 0 N–H and O–H groups in total. The summed E-state index contributed by atoms with van der Waals surface area (Å²) in [6, 6.07) is 0. The van der Waals surface area contributed by atoms with E-state index in [-0.39, 0.29) is 11.5 Å². The molecular weight excluding hydrogens is 308 g/mol. The monoisotopic (exact) mass is 322 g/mol. The Kier molecular flexibility index (Phi) is 4.05. The Balaban J connectivity index is 2.29. The average Bonchev–Trinajstić information content (AvgIpc) is 2.52. The molecule has 2 rings (SSSR count). The summed E-state index contributed by atoms with van der Waals surface area (Å²) in [5.74, 6) is -0.542. The Bertz CT molecular complexity index is 385. The summed E-state index contributed by atoms with van der Waals surface area (Å²) in [4.78, 5) is 11.9. The lowest BCUT2D eigenvalue weighted by Gasteiger charge is -2.31. The second kappa shape index (κ2) is 5.20. The molecule has 0 saturated heterocycles. The molecule has 1 aliphatic carbocycles. The van der Waals surface area contributed by atoms with Crippen LogP contribution in [0, 0.1) is 0 Å². The van der Waals surface area contributed by atoms with Crippen LogP contribution in [0.15, 0.2) is 9.39 Å². The molecule has 1 heterocycles. The van der Waals surface area contributed by atoms with Crippen molar-refractivity contribution in [3.8, 4) is 0 Å². The number of ether oxygens (including phenoxy) is 1. The highest BCUT2D eigenvalue weighted by Crippen LogP contribution is 2.48. The van der Waals surface area contributed by atoms with Crippen LogP contribution in [0.25, 0.3) is 0 Å². The number of hydrogen-bond donors (Lipinski definition) is 0. The van der Waals surface area contributed by atoms with Crippen LogP contribution >= 0.6 is 15.9 Å². The summed E-state index contributed by atoms with van der Waals surface area (Å²) in [6.45, 7) is 1.99. The summed E-state index contributed by atoms with van der Waals surface area (Å²) >= 11 is 1.69. The highest BCUT2D eigenvalue weighted by molar-refractivity contribution is 9.12. The van der Waals surface area contributed by atoms with E-state index in [1.54, 1.807) is 6.92 Å². The van der Waals surface area contributed by atoms with Crippen LogP contribution in [-0.4, -0.2) is 22.4 Å². The second-order valence-corrected chi connectivity index (χ2v) is 6.07. The quantitative estimate of drug-likeness (QED) is 0.733. The molecule has 0 aromatic carbocycles. The summed E-state index contributed by atoms with van der Waals surface area (Å²) < 4.78 is 22.9. The lowest BCUT2D eigenvalue weighted by Crippen LogP contribution is -2.32. The second-order valence-electron chi connectivity index (χ2n) is 4.24. The van der Waals surface area contributed by atoms with E-state index in [2.05, 4.69) is 15.9 Å². The van der Waals surface area contributed by atoms with Gasteiger partial charge in [0.2, 0.25) is 0 Å². The number of carbonyl (C=O) groups excluding carboxylic acids is 1. The molecular formula is C11H15BrO4S. The predicted octanol–water partition coefficient (Wildman–Crippen LogP) is 2.55. The molecule has 1 saturated carbocycles. The topological polar surface area (TPSA) is 52.6 Å². The first-order valence-corrected chi connectivity index (χ1v) is 7.66. The van der Waals surface area contributed by atoms with Crippen LogP contribution in [0.3, 0.4) is 0 Å². The van der Waals surface area contributed by atoms with Gasteiger partial charge in [0, 0.05) is 0 Å². The SMILES string of the molecule is CCOC(=O)C1=C(Br)C2(CCCCC2)OS1=O. The zero-order chi connectivity index (χ0) is 12.5. The number of halogens is 1. The summed E-state index contributed by atoms with van der Waals surface area (Å²) in [5, 5.41) is 0. The molecule has 0 aromatic rings. The minimum absolute atomic E-state index is 0.147. The maximum absolute atomic E-state index is 11.9. The molecule has 6 heteroatoms. The van der Waals surface area contributed by atoms with Crippen LogP contribution in [0.5, 0.6) is 0 Å². The van der Waals surface area contributed by atoms with Gasteiger partial charge < -0.3 is 4.74 Å². The van der Waals surface area contributed by atoms with Crippen molar-refractivity contribution in [2.45, 2.75) is 44.6 Å². The Morgan fingerprint density at radius 2 is 2.12 bits per heavy atom. The van der Waals surface area contributed by atoms with Gasteiger partial charge in [-0.25, -0.2) is 9.00 Å². The lowest BCUT2D eigenvalue weighted by molar-refractivity contribution is -0.137. The normalized spacial score (nSPS) is 27.5. The van der Waals surface area contributed by atoms with E-state index < -0.39 is 22.7 Å². The van der Waals surface area contributed by atoms with Crippen LogP contribution in [0.1, 0.15) is 39.0 Å². The van der Waals surface area contributed by atoms with E-state index in [0.29, 0.717) is 4.48 Å². The van der Waals surface area contributed by atoms with Crippen molar-refractivity contribution in [3.63, 3.8) is 0 Å². The average molecular weight is 323 g/mol. The summed E-state index contributed by atoms with van der Waals surface area (Å²) in [7, 11) is 0. The Labute approximate surface area is 112 Å². The highest BCUT2D eigenvalue weighted by Gasteiger charge is 2.48. The Morgan fingerprint density at radius 1 is 1.47 bits per heavy atom. The third-order valence-corrected chi connectivity index (χ3v) is 5.68. The van der Waals surface area contributed by atoms with E-state index in [0.717, 1.165) is 32.1 Å². The lowest BCUT2D eigenvalue weighted by atomic mass is 9.84. The molecule has 0 bridgehead atoms. The molecule has 4 nitrogen and oxygen atoms in total. The fraction of sp³-hybridized carbons (Fsp3) is 0.727. The molecule has 1 aliphatic heterocycles. The van der Waals surface area contributed by atoms with Crippen LogP contribution in [0.4, 0.5) is 0 Å². The van der Waals surface area contributed by atoms with Crippen LogP contribution < -0.4 is 0 Å². The first-order valence-electron chi connectivity index (χ1n) is 5.79. The highest BCUT2D eigenvalue weighted by atomic mass is 79.9. The summed E-state index contributed by atoms with van der Waals surface area (Å²) in [5.41, 5.74) is -0.550. The van der Waals surface area contributed by atoms with Gasteiger partial charge >= 0.3 is 5.97 Å². The van der Waals surface area contributed by atoms with Crippen molar-refractivity contribution in [2.24, 2.45) is 0 Å². The van der Waals surface area contributed by atoms with Gasteiger partial charge in [0.1, 0.15) is 5.60 Å². The molecule has 17 heavy (non-hydrogen) atoms. The van der Waals surface area contributed by atoms with E-state index in [4.69, 9.17) is 8.92 Å². The molecule has 96 valence electrons. The van der Waals surface area contributed by atoms with Gasteiger partial charge in [-0.05, 0) is 19.8 Å². The first kappa shape index (κ1) is 13.2. The third-order valence-electron chi connectivity index (χ3n) is 3.12. The zero-order valence-corrected chi connectivity index (χ0v) is 12.1. The molecule has 1 fully saturated rings. The van der Waals surface area contributed by atoms with E-state index >= 15 is 0 Å². The number of hydrogen-bond acceptors (Lipinski definition) is 4. The van der Waals surface area contributed by atoms with Gasteiger partial charge in [-0.3, -0.25) is 4.18 Å². The van der Waals surface area contributed by atoms with Gasteiger partial charge in [0.25, 0.3) is 0 Å². The Morgan fingerprint density at radius 3 is 2.71 bits per heavy atom. The largest absolute Gasteiger partial charge is 0.462 e. The molecule has 0 radical (unpaired) electrons. The molecule has 2 aliphatic rings. The van der Waals surface area contributed by atoms with Gasteiger partial charge in [-0.1, -0.05) is 35.2 Å². The van der Waals surface area contributed by atoms with E-state index in [1.807, 2.05) is 0 Å². The molecule has 1 atom stereocenters. The van der Waals surface area contributed by atoms with Crippen molar-refractivity contribution in [3.05, 3.63) is 9.39 Å². The standard InChI is InChI=1S/C11H15BrO4S/c1-2-15-10(13)8-9(12)11(16-17(8)14)6-4-3-5-7-11/h2-7H2,1H3. The minimum atomic E-state index is -1.70. The van der Waals surface area contributed by atoms with Gasteiger partial charge in [-0.2, -0.15) is 0 Å². The van der Waals surface area contributed by atoms with Gasteiger partial charge in [0.05, 0.1) is 11.1 Å². The smallest absolute Gasteiger partial charge is 0.350 e. The van der Waals surface area contributed by atoms with Crippen LogP contribution in [-0.2, 0) is 24.8 Å². The van der Waals surface area contributed by atoms with Gasteiger partial charge in [0.15, 0.2) is 16.0 Å². The van der Waals surface area contributed by atoms with Crippen molar-refractivity contribution in [2.75, 3.05) is 6.61 Å². The maximum atomic E-state index is 11.9. The maximum Gasteiger partial charge on any atom is 0.350 e. The molecule has 1 unspecified atom stereocenters. The summed E-state index contributed by atoms with van der Waals surface area (Å²) in [6.07, 6.45) is 4.84. The molecule has 0 amide bonds. The fourth-order valence-corrected chi connectivity index (χ4v) is 4.58. The fourth-order valence-electron chi connectivity index (χ4n) is 2.28. The van der Waals surface area contributed by atoms with Crippen molar-refractivity contribution < 1.29 is 17.9 Å². The Hall–Kier alpha value is -0.200. The van der Waals surface area contributed by atoms with Crippen LogP contribution in [0.2, 0.25) is 0 Å². The van der Waals surface area contributed by atoms with Gasteiger partial charge in [-0.15, -0.1) is 0 Å². The molecule has 1 spiro atoms. The van der Waals surface area contributed by atoms with E-state index in [1.165, 1.54) is 0 Å². The van der Waals surface area contributed by atoms with Crippen molar-refractivity contribution in [1.29, 1.82) is 0 Å². The van der Waals surface area contributed by atoms with E-state index in [9.17, 15) is 9.00 Å². The number of rotatable bonds is 2. The molecule has 0 aromatic heterocycles. The predicted molar refractivity (Wildman–Crippen MR) is 67.6 cm³/mol. The van der Waals surface area contributed by atoms with Crippen molar-refractivity contribution in [1.82, 2.24) is 0 Å². The number of esters is 1. The third kappa shape index (κ3) is 2.35.